The molecule has 1 aromatic rings. The molecular weight excluding hydrogens is 248 g/mol. The Morgan fingerprint density at radius 3 is 2.35 bits per heavy atom. The van der Waals surface area contributed by atoms with Crippen molar-refractivity contribution in [3.8, 4) is 0 Å². The van der Waals surface area contributed by atoms with Crippen LogP contribution in [0.2, 0.25) is 0 Å². The Hall–Kier alpha value is -1.12. The highest BCUT2D eigenvalue weighted by Gasteiger charge is 2.13. The van der Waals surface area contributed by atoms with E-state index in [9.17, 15) is 10.2 Å². The number of benzene rings is 1. The molecule has 0 saturated heterocycles. The minimum Gasteiger partial charge on any atom is -0.393 e. The SMILES string of the molecule is OC1CCCC(/C=C/CC(O)c2ccccc2)CCC1. The maximum atomic E-state index is 10.1. The molecule has 0 amide bonds. The zero-order chi connectivity index (χ0) is 14.2. The maximum absolute atomic E-state index is 10.1. The summed E-state index contributed by atoms with van der Waals surface area (Å²) < 4.78 is 0. The van der Waals surface area contributed by atoms with E-state index in [1.165, 1.54) is 0 Å². The average Bonchev–Trinajstić information content (AvgIpc) is 2.45. The van der Waals surface area contributed by atoms with Crippen molar-refractivity contribution in [2.75, 3.05) is 0 Å². The molecule has 0 radical (unpaired) electrons. The van der Waals surface area contributed by atoms with Crippen LogP contribution >= 0.6 is 0 Å². The topological polar surface area (TPSA) is 40.5 Å². The summed E-state index contributed by atoms with van der Waals surface area (Å²) in [4.78, 5) is 0. The molecule has 110 valence electrons. The van der Waals surface area contributed by atoms with Gasteiger partial charge in [-0.15, -0.1) is 0 Å². The molecule has 1 atom stereocenters. The second-order valence-electron chi connectivity index (χ2n) is 5.87. The first-order valence-electron chi connectivity index (χ1n) is 7.83. The van der Waals surface area contributed by atoms with Gasteiger partial charge in [0.25, 0.3) is 0 Å². The van der Waals surface area contributed by atoms with Gasteiger partial charge in [-0.05, 0) is 43.6 Å². The first-order valence-corrected chi connectivity index (χ1v) is 7.83. The van der Waals surface area contributed by atoms with E-state index in [1.54, 1.807) is 0 Å². The summed E-state index contributed by atoms with van der Waals surface area (Å²) in [6.45, 7) is 0. The number of aliphatic hydroxyl groups is 2. The Labute approximate surface area is 122 Å². The molecule has 2 nitrogen and oxygen atoms in total. The van der Waals surface area contributed by atoms with Crippen LogP contribution in [0.3, 0.4) is 0 Å². The molecule has 1 aliphatic rings. The van der Waals surface area contributed by atoms with Gasteiger partial charge in [-0.2, -0.15) is 0 Å². The summed E-state index contributed by atoms with van der Waals surface area (Å²) >= 11 is 0. The van der Waals surface area contributed by atoms with Crippen molar-refractivity contribution >= 4 is 0 Å². The van der Waals surface area contributed by atoms with Crippen LogP contribution < -0.4 is 0 Å². The molecule has 0 heterocycles. The van der Waals surface area contributed by atoms with E-state index in [0.29, 0.717) is 12.3 Å². The molecule has 2 rings (SSSR count). The van der Waals surface area contributed by atoms with Gasteiger partial charge in [0, 0.05) is 0 Å². The van der Waals surface area contributed by atoms with Gasteiger partial charge in [0.15, 0.2) is 0 Å². The highest BCUT2D eigenvalue weighted by molar-refractivity contribution is 5.17. The second-order valence-corrected chi connectivity index (χ2v) is 5.87. The van der Waals surface area contributed by atoms with E-state index in [2.05, 4.69) is 12.2 Å². The molecule has 1 aliphatic carbocycles. The average molecular weight is 274 g/mol. The van der Waals surface area contributed by atoms with E-state index in [-0.39, 0.29) is 6.10 Å². The van der Waals surface area contributed by atoms with Gasteiger partial charge < -0.3 is 10.2 Å². The van der Waals surface area contributed by atoms with Gasteiger partial charge in [0.1, 0.15) is 0 Å². The molecule has 0 aromatic heterocycles. The van der Waals surface area contributed by atoms with Crippen molar-refractivity contribution < 1.29 is 10.2 Å². The fraction of sp³-hybridized carbons (Fsp3) is 0.556. The van der Waals surface area contributed by atoms with Crippen LogP contribution in [0, 0.1) is 5.92 Å². The molecule has 1 unspecified atom stereocenters. The largest absolute Gasteiger partial charge is 0.393 e. The zero-order valence-corrected chi connectivity index (χ0v) is 12.1. The van der Waals surface area contributed by atoms with Crippen LogP contribution in [0.4, 0.5) is 0 Å². The lowest BCUT2D eigenvalue weighted by atomic mass is 9.89. The van der Waals surface area contributed by atoms with E-state index in [4.69, 9.17) is 0 Å². The Kier molecular flexibility index (Phi) is 6.28. The molecule has 0 bridgehead atoms. The predicted molar refractivity (Wildman–Crippen MR) is 82.4 cm³/mol. The fourth-order valence-electron chi connectivity index (χ4n) is 2.92. The van der Waals surface area contributed by atoms with E-state index in [1.807, 2.05) is 30.3 Å². The minimum absolute atomic E-state index is 0.0835. The third-order valence-electron chi connectivity index (χ3n) is 4.18. The number of hydrogen-bond donors (Lipinski definition) is 2. The van der Waals surface area contributed by atoms with Crippen molar-refractivity contribution in [3.63, 3.8) is 0 Å². The van der Waals surface area contributed by atoms with Crippen LogP contribution in [0.1, 0.15) is 56.6 Å². The summed E-state index contributed by atoms with van der Waals surface area (Å²) in [5, 5.41) is 19.7. The van der Waals surface area contributed by atoms with Crippen LogP contribution in [0.5, 0.6) is 0 Å². The van der Waals surface area contributed by atoms with Crippen molar-refractivity contribution in [3.05, 3.63) is 48.0 Å². The smallest absolute Gasteiger partial charge is 0.0824 e. The summed E-state index contributed by atoms with van der Waals surface area (Å²) in [7, 11) is 0. The van der Waals surface area contributed by atoms with E-state index in [0.717, 1.165) is 44.1 Å². The van der Waals surface area contributed by atoms with Crippen LogP contribution in [-0.4, -0.2) is 16.3 Å². The lowest BCUT2D eigenvalue weighted by Gasteiger charge is -2.19. The van der Waals surface area contributed by atoms with Crippen molar-refractivity contribution in [1.82, 2.24) is 0 Å². The first kappa shape index (κ1) is 15.3. The summed E-state index contributed by atoms with van der Waals surface area (Å²) in [6, 6.07) is 9.82. The molecule has 20 heavy (non-hydrogen) atoms. The Balaban J connectivity index is 1.77. The van der Waals surface area contributed by atoms with Gasteiger partial charge in [-0.1, -0.05) is 55.3 Å². The molecule has 2 N–H and O–H groups in total. The van der Waals surface area contributed by atoms with Gasteiger partial charge in [-0.3, -0.25) is 0 Å². The third-order valence-corrected chi connectivity index (χ3v) is 4.18. The molecule has 1 fully saturated rings. The summed E-state index contributed by atoms with van der Waals surface area (Å²) in [5.41, 5.74) is 0.984. The normalized spacial score (nSPS) is 26.1. The zero-order valence-electron chi connectivity index (χ0n) is 12.1. The number of allylic oxidation sites excluding steroid dienone is 1. The van der Waals surface area contributed by atoms with Gasteiger partial charge in [-0.25, -0.2) is 0 Å². The highest BCUT2D eigenvalue weighted by atomic mass is 16.3. The van der Waals surface area contributed by atoms with Gasteiger partial charge >= 0.3 is 0 Å². The molecule has 1 saturated carbocycles. The fourth-order valence-corrected chi connectivity index (χ4v) is 2.92. The van der Waals surface area contributed by atoms with Crippen LogP contribution in [0.15, 0.2) is 42.5 Å². The Morgan fingerprint density at radius 2 is 1.70 bits per heavy atom. The molecule has 1 aromatic carbocycles. The molecule has 0 aliphatic heterocycles. The standard InChI is InChI=1S/C18H26O2/c19-17-12-4-7-15(8-5-13-17)9-6-14-18(20)16-10-2-1-3-11-16/h1-3,6,9-11,15,17-20H,4-5,7-8,12-14H2/b9-6+. The molecule has 0 spiro atoms. The first-order chi connectivity index (χ1) is 9.75. The summed E-state index contributed by atoms with van der Waals surface area (Å²) in [6.07, 6.45) is 11.0. The van der Waals surface area contributed by atoms with Crippen molar-refractivity contribution in [2.45, 2.75) is 57.2 Å². The number of aliphatic hydroxyl groups excluding tert-OH is 2. The number of hydrogen-bond acceptors (Lipinski definition) is 2. The van der Waals surface area contributed by atoms with E-state index >= 15 is 0 Å². The van der Waals surface area contributed by atoms with Crippen LogP contribution in [-0.2, 0) is 0 Å². The monoisotopic (exact) mass is 274 g/mol. The van der Waals surface area contributed by atoms with Gasteiger partial charge in [0.2, 0.25) is 0 Å². The second kappa shape index (κ2) is 8.23. The molecular formula is C18H26O2. The van der Waals surface area contributed by atoms with Crippen molar-refractivity contribution in [1.29, 1.82) is 0 Å². The highest BCUT2D eigenvalue weighted by Crippen LogP contribution is 2.24. The summed E-state index contributed by atoms with van der Waals surface area (Å²) in [5.74, 6) is 0.616. The lowest BCUT2D eigenvalue weighted by Crippen LogP contribution is -2.11. The minimum atomic E-state index is -0.400. The lowest BCUT2D eigenvalue weighted by molar-refractivity contribution is 0.137. The Morgan fingerprint density at radius 1 is 1.05 bits per heavy atom. The van der Waals surface area contributed by atoms with Crippen LogP contribution in [0.25, 0.3) is 0 Å². The van der Waals surface area contributed by atoms with Gasteiger partial charge in [0.05, 0.1) is 12.2 Å². The maximum Gasteiger partial charge on any atom is 0.0824 e. The quantitative estimate of drug-likeness (QED) is 0.815. The molecule has 2 heteroatoms. The van der Waals surface area contributed by atoms with E-state index < -0.39 is 6.10 Å². The number of rotatable bonds is 4. The Bertz CT molecular complexity index is 389. The predicted octanol–water partition coefficient (Wildman–Crippen LogP) is 4.00. The third kappa shape index (κ3) is 5.10. The van der Waals surface area contributed by atoms with Crippen molar-refractivity contribution in [2.24, 2.45) is 5.92 Å².